The zero-order valence-corrected chi connectivity index (χ0v) is 16.1. The van der Waals surface area contributed by atoms with E-state index in [0.29, 0.717) is 11.6 Å². The maximum absolute atomic E-state index is 12.6. The van der Waals surface area contributed by atoms with Gasteiger partial charge < -0.3 is 10.6 Å². The molecule has 0 spiro atoms. The molecule has 0 radical (unpaired) electrons. The second-order valence-corrected chi connectivity index (χ2v) is 7.46. The number of para-hydroxylation sites is 2. The fraction of sp³-hybridized carbons (Fsp3) is 0.227. The summed E-state index contributed by atoms with van der Waals surface area (Å²) in [5.41, 5.74) is 3.84. The summed E-state index contributed by atoms with van der Waals surface area (Å²) >= 11 is 0. The first-order valence-corrected chi connectivity index (χ1v) is 8.91. The number of amides is 1. The summed E-state index contributed by atoms with van der Waals surface area (Å²) in [7, 11) is 0. The summed E-state index contributed by atoms with van der Waals surface area (Å²) in [6.07, 6.45) is 0. The molecule has 0 aliphatic heterocycles. The van der Waals surface area contributed by atoms with Crippen molar-refractivity contribution in [2.24, 2.45) is 0 Å². The second-order valence-electron chi connectivity index (χ2n) is 7.46. The van der Waals surface area contributed by atoms with E-state index >= 15 is 0 Å². The van der Waals surface area contributed by atoms with Gasteiger partial charge in [-0.15, -0.1) is 0 Å². The predicted octanol–water partition coefficient (Wildman–Crippen LogP) is 5.08. The standard InChI is InChI=1S/C22H24N4O/c1-15-14-19(20(27)24-16-10-6-5-7-11-16)26-21(23-15)25-18-13-9-8-12-17(18)22(2,3)4/h5-14H,1-4H3,(H,24,27)(H,23,25,26). The van der Waals surface area contributed by atoms with Gasteiger partial charge in [-0.05, 0) is 42.2 Å². The number of benzene rings is 2. The van der Waals surface area contributed by atoms with Crippen molar-refractivity contribution in [3.8, 4) is 0 Å². The largest absolute Gasteiger partial charge is 0.324 e. The Morgan fingerprint density at radius 3 is 2.30 bits per heavy atom. The zero-order valence-electron chi connectivity index (χ0n) is 16.1. The molecule has 2 aromatic carbocycles. The molecule has 0 fully saturated rings. The number of carbonyl (C=O) groups excluding carboxylic acids is 1. The lowest BCUT2D eigenvalue weighted by atomic mass is 9.86. The Kier molecular flexibility index (Phi) is 5.21. The molecule has 3 rings (SSSR count). The number of anilines is 3. The number of nitrogens with zero attached hydrogens (tertiary/aromatic N) is 2. The zero-order chi connectivity index (χ0) is 19.4. The SMILES string of the molecule is Cc1cc(C(=O)Nc2ccccc2)nc(Nc2ccccc2C(C)(C)C)n1. The van der Waals surface area contributed by atoms with Crippen molar-refractivity contribution in [1.29, 1.82) is 0 Å². The smallest absolute Gasteiger partial charge is 0.274 e. The van der Waals surface area contributed by atoms with Gasteiger partial charge in [-0.25, -0.2) is 9.97 Å². The van der Waals surface area contributed by atoms with Crippen LogP contribution in [0.4, 0.5) is 17.3 Å². The molecule has 3 aromatic rings. The first-order valence-electron chi connectivity index (χ1n) is 8.91. The van der Waals surface area contributed by atoms with Crippen LogP contribution >= 0.6 is 0 Å². The third-order valence-corrected chi connectivity index (χ3v) is 4.10. The molecule has 1 heterocycles. The monoisotopic (exact) mass is 360 g/mol. The van der Waals surface area contributed by atoms with Gasteiger partial charge >= 0.3 is 0 Å². The van der Waals surface area contributed by atoms with Gasteiger partial charge in [-0.2, -0.15) is 0 Å². The molecule has 1 amide bonds. The quantitative estimate of drug-likeness (QED) is 0.681. The Morgan fingerprint density at radius 2 is 1.59 bits per heavy atom. The first-order chi connectivity index (χ1) is 12.8. The van der Waals surface area contributed by atoms with Crippen molar-refractivity contribution in [3.63, 3.8) is 0 Å². The van der Waals surface area contributed by atoms with E-state index in [2.05, 4.69) is 47.4 Å². The van der Waals surface area contributed by atoms with Crippen LogP contribution in [0.5, 0.6) is 0 Å². The van der Waals surface area contributed by atoms with Crippen LogP contribution in [0.25, 0.3) is 0 Å². The van der Waals surface area contributed by atoms with E-state index < -0.39 is 0 Å². The lowest BCUT2D eigenvalue weighted by Gasteiger charge is -2.23. The fourth-order valence-electron chi connectivity index (χ4n) is 2.82. The highest BCUT2D eigenvalue weighted by molar-refractivity contribution is 6.03. The Hall–Kier alpha value is -3.21. The number of rotatable bonds is 4. The minimum Gasteiger partial charge on any atom is -0.324 e. The van der Waals surface area contributed by atoms with Crippen LogP contribution < -0.4 is 10.6 Å². The molecule has 0 atom stereocenters. The summed E-state index contributed by atoms with van der Waals surface area (Å²) < 4.78 is 0. The lowest BCUT2D eigenvalue weighted by molar-refractivity contribution is 0.102. The highest BCUT2D eigenvalue weighted by Gasteiger charge is 2.18. The van der Waals surface area contributed by atoms with E-state index in [-0.39, 0.29) is 11.3 Å². The number of aromatic nitrogens is 2. The summed E-state index contributed by atoms with van der Waals surface area (Å²) in [5.74, 6) is 0.142. The number of carbonyl (C=O) groups is 1. The fourth-order valence-corrected chi connectivity index (χ4v) is 2.82. The van der Waals surface area contributed by atoms with Crippen LogP contribution in [0.2, 0.25) is 0 Å². The minimum atomic E-state index is -0.265. The number of aryl methyl sites for hydroxylation is 1. The van der Waals surface area contributed by atoms with Gasteiger partial charge in [0, 0.05) is 17.1 Å². The molecule has 0 saturated heterocycles. The molecule has 0 aliphatic rings. The molecule has 0 bridgehead atoms. The van der Waals surface area contributed by atoms with E-state index in [1.807, 2.05) is 55.5 Å². The van der Waals surface area contributed by atoms with Crippen LogP contribution in [-0.2, 0) is 5.41 Å². The van der Waals surface area contributed by atoms with Gasteiger partial charge in [0.25, 0.3) is 5.91 Å². The van der Waals surface area contributed by atoms with E-state index in [1.165, 1.54) is 0 Å². The molecule has 27 heavy (non-hydrogen) atoms. The number of hydrogen-bond acceptors (Lipinski definition) is 4. The third kappa shape index (κ3) is 4.70. The Labute approximate surface area is 159 Å². The van der Waals surface area contributed by atoms with Gasteiger partial charge in [0.05, 0.1) is 0 Å². The first kappa shape index (κ1) is 18.6. The topological polar surface area (TPSA) is 66.9 Å². The average Bonchev–Trinajstić information content (AvgIpc) is 2.61. The molecule has 0 unspecified atom stereocenters. The molecule has 0 saturated carbocycles. The van der Waals surface area contributed by atoms with E-state index in [0.717, 1.165) is 22.6 Å². The van der Waals surface area contributed by atoms with Crippen LogP contribution in [0, 0.1) is 6.92 Å². The van der Waals surface area contributed by atoms with Crippen molar-refractivity contribution in [2.75, 3.05) is 10.6 Å². The van der Waals surface area contributed by atoms with Crippen LogP contribution in [0.15, 0.2) is 60.7 Å². The van der Waals surface area contributed by atoms with Crippen LogP contribution in [-0.4, -0.2) is 15.9 Å². The molecular weight excluding hydrogens is 336 g/mol. The van der Waals surface area contributed by atoms with E-state index in [9.17, 15) is 4.79 Å². The maximum Gasteiger partial charge on any atom is 0.274 e. The Balaban J connectivity index is 1.87. The molecule has 138 valence electrons. The third-order valence-electron chi connectivity index (χ3n) is 4.10. The van der Waals surface area contributed by atoms with Crippen molar-refractivity contribution in [3.05, 3.63) is 77.6 Å². The molecular formula is C22H24N4O. The van der Waals surface area contributed by atoms with Crippen molar-refractivity contribution in [1.82, 2.24) is 9.97 Å². The molecule has 5 nitrogen and oxygen atoms in total. The number of hydrogen-bond donors (Lipinski definition) is 2. The van der Waals surface area contributed by atoms with Gasteiger partial charge in [0.15, 0.2) is 0 Å². The van der Waals surface area contributed by atoms with Gasteiger partial charge in [-0.3, -0.25) is 4.79 Å². The summed E-state index contributed by atoms with van der Waals surface area (Å²) in [4.78, 5) is 21.4. The van der Waals surface area contributed by atoms with Crippen molar-refractivity contribution in [2.45, 2.75) is 33.1 Å². The maximum atomic E-state index is 12.6. The average molecular weight is 360 g/mol. The van der Waals surface area contributed by atoms with Crippen LogP contribution in [0.1, 0.15) is 42.5 Å². The summed E-state index contributed by atoms with van der Waals surface area (Å²) in [6.45, 7) is 8.32. The van der Waals surface area contributed by atoms with E-state index in [1.54, 1.807) is 6.07 Å². The van der Waals surface area contributed by atoms with Gasteiger partial charge in [0.2, 0.25) is 5.95 Å². The molecule has 0 aliphatic carbocycles. The predicted molar refractivity (Wildman–Crippen MR) is 110 cm³/mol. The normalized spacial score (nSPS) is 11.1. The highest BCUT2D eigenvalue weighted by Crippen LogP contribution is 2.30. The lowest BCUT2D eigenvalue weighted by Crippen LogP contribution is -2.17. The highest BCUT2D eigenvalue weighted by atomic mass is 16.1. The van der Waals surface area contributed by atoms with Crippen molar-refractivity contribution >= 4 is 23.2 Å². The van der Waals surface area contributed by atoms with Gasteiger partial charge in [0.1, 0.15) is 5.69 Å². The minimum absolute atomic E-state index is 0.0269. The number of nitrogens with one attached hydrogen (secondary N) is 2. The van der Waals surface area contributed by atoms with Crippen molar-refractivity contribution < 1.29 is 4.79 Å². The Bertz CT molecular complexity index is 946. The summed E-state index contributed by atoms with van der Waals surface area (Å²) in [5, 5.41) is 6.13. The molecule has 1 aromatic heterocycles. The van der Waals surface area contributed by atoms with Crippen LogP contribution in [0.3, 0.4) is 0 Å². The second kappa shape index (κ2) is 7.58. The molecule has 5 heteroatoms. The Morgan fingerprint density at radius 1 is 0.926 bits per heavy atom. The van der Waals surface area contributed by atoms with E-state index in [4.69, 9.17) is 0 Å². The van der Waals surface area contributed by atoms with Gasteiger partial charge in [-0.1, -0.05) is 57.2 Å². The summed E-state index contributed by atoms with van der Waals surface area (Å²) in [6, 6.07) is 19.1. The molecule has 2 N–H and O–H groups in total.